The highest BCUT2D eigenvalue weighted by molar-refractivity contribution is 5.99. The summed E-state index contributed by atoms with van der Waals surface area (Å²) >= 11 is 0. The smallest absolute Gasteiger partial charge is 0.203 e. The van der Waals surface area contributed by atoms with Gasteiger partial charge in [0.05, 0.1) is 20.6 Å². The zero-order chi connectivity index (χ0) is 18.5. The van der Waals surface area contributed by atoms with E-state index in [0.717, 1.165) is 11.1 Å². The molecule has 0 amide bonds. The van der Waals surface area contributed by atoms with Crippen LogP contribution in [0.25, 0.3) is 0 Å². The van der Waals surface area contributed by atoms with Crippen LogP contribution in [-0.2, 0) is 22.4 Å². The Bertz CT molecular complexity index is 808. The Labute approximate surface area is 152 Å². The van der Waals surface area contributed by atoms with Crippen molar-refractivity contribution in [2.45, 2.75) is 32.1 Å². The van der Waals surface area contributed by atoms with E-state index in [1.807, 2.05) is 36.4 Å². The van der Waals surface area contributed by atoms with Crippen molar-refractivity contribution >= 4 is 11.6 Å². The second-order valence-corrected chi connectivity index (χ2v) is 6.33. The first-order chi connectivity index (χ1) is 12.6. The minimum atomic E-state index is -0.0446. The van der Waals surface area contributed by atoms with Gasteiger partial charge in [0.2, 0.25) is 5.75 Å². The highest BCUT2D eigenvalue weighted by Crippen LogP contribution is 2.41. The molecule has 0 atom stereocenters. The number of carbonyl (C=O) groups excluding carboxylic acids is 2. The molecule has 0 N–H and O–H groups in total. The number of benzene rings is 2. The third-order valence-electron chi connectivity index (χ3n) is 4.44. The van der Waals surface area contributed by atoms with Gasteiger partial charge in [0, 0.05) is 12.8 Å². The predicted molar refractivity (Wildman–Crippen MR) is 97.3 cm³/mol. The summed E-state index contributed by atoms with van der Waals surface area (Å²) in [5, 5.41) is 0. The van der Waals surface area contributed by atoms with Crippen molar-refractivity contribution in [3.8, 4) is 23.0 Å². The predicted octanol–water partition coefficient (Wildman–Crippen LogP) is 3.90. The van der Waals surface area contributed by atoms with Gasteiger partial charge in [-0.15, -0.1) is 0 Å². The van der Waals surface area contributed by atoms with Gasteiger partial charge >= 0.3 is 0 Å². The second-order valence-electron chi connectivity index (χ2n) is 6.33. The van der Waals surface area contributed by atoms with Gasteiger partial charge in [-0.2, -0.15) is 0 Å². The van der Waals surface area contributed by atoms with Crippen molar-refractivity contribution in [2.24, 2.45) is 0 Å². The summed E-state index contributed by atoms with van der Waals surface area (Å²) in [6.07, 6.45) is 1.82. The van der Waals surface area contributed by atoms with E-state index < -0.39 is 0 Å². The Morgan fingerprint density at radius 1 is 0.808 bits per heavy atom. The van der Waals surface area contributed by atoms with E-state index in [0.29, 0.717) is 48.7 Å². The molecule has 2 aromatic rings. The Kier molecular flexibility index (Phi) is 5.56. The molecule has 2 aromatic carbocycles. The highest BCUT2D eigenvalue weighted by Gasteiger charge is 2.17. The van der Waals surface area contributed by atoms with Crippen molar-refractivity contribution in [1.82, 2.24) is 0 Å². The largest absolute Gasteiger partial charge is 0.493 e. The lowest BCUT2D eigenvalue weighted by Gasteiger charge is -2.15. The van der Waals surface area contributed by atoms with Gasteiger partial charge in [0.15, 0.2) is 11.5 Å². The third kappa shape index (κ3) is 4.23. The molecule has 0 aromatic heterocycles. The second kappa shape index (κ2) is 8.04. The molecule has 5 nitrogen and oxygen atoms in total. The zero-order valence-electron chi connectivity index (χ0n) is 15.0. The first-order valence-corrected chi connectivity index (χ1v) is 8.64. The van der Waals surface area contributed by atoms with Crippen LogP contribution in [0.15, 0.2) is 36.4 Å². The third-order valence-corrected chi connectivity index (χ3v) is 4.44. The summed E-state index contributed by atoms with van der Waals surface area (Å²) in [5.74, 6) is 2.20. The first-order valence-electron chi connectivity index (χ1n) is 8.64. The van der Waals surface area contributed by atoms with Gasteiger partial charge in [0.1, 0.15) is 17.3 Å². The summed E-state index contributed by atoms with van der Waals surface area (Å²) < 4.78 is 16.9. The van der Waals surface area contributed by atoms with Gasteiger partial charge in [-0.1, -0.05) is 12.1 Å². The van der Waals surface area contributed by atoms with Gasteiger partial charge in [-0.05, 0) is 48.2 Å². The molecule has 5 heteroatoms. The van der Waals surface area contributed by atoms with E-state index in [-0.39, 0.29) is 18.0 Å². The van der Waals surface area contributed by atoms with Gasteiger partial charge < -0.3 is 14.2 Å². The summed E-state index contributed by atoms with van der Waals surface area (Å²) in [7, 11) is 3.12. The number of Topliss-reactive ketones (excluding diaryl/α,β-unsaturated/α-hetero) is 2. The van der Waals surface area contributed by atoms with Crippen LogP contribution < -0.4 is 14.2 Å². The van der Waals surface area contributed by atoms with Crippen LogP contribution in [-0.4, -0.2) is 25.8 Å². The maximum atomic E-state index is 12.1. The molecular formula is C21H22O5. The number of ether oxygens (including phenoxy) is 3. The maximum Gasteiger partial charge on any atom is 0.203 e. The van der Waals surface area contributed by atoms with Crippen molar-refractivity contribution in [3.63, 3.8) is 0 Å². The van der Waals surface area contributed by atoms with Crippen molar-refractivity contribution < 1.29 is 23.8 Å². The molecule has 4 rings (SSSR count). The van der Waals surface area contributed by atoms with Crippen LogP contribution in [0.2, 0.25) is 0 Å². The van der Waals surface area contributed by atoms with Crippen LogP contribution >= 0.6 is 0 Å². The fourth-order valence-corrected chi connectivity index (χ4v) is 3.02. The molecule has 0 radical (unpaired) electrons. The normalized spacial score (nSPS) is 15.0. The van der Waals surface area contributed by atoms with Crippen LogP contribution in [0.5, 0.6) is 23.0 Å². The fourth-order valence-electron chi connectivity index (χ4n) is 3.02. The molecule has 0 saturated carbocycles. The lowest BCUT2D eigenvalue weighted by Crippen LogP contribution is -2.09. The van der Waals surface area contributed by atoms with Crippen LogP contribution in [0, 0.1) is 0 Å². The highest BCUT2D eigenvalue weighted by atomic mass is 16.5. The van der Waals surface area contributed by atoms with Gasteiger partial charge in [-0.25, -0.2) is 0 Å². The van der Waals surface area contributed by atoms with E-state index >= 15 is 0 Å². The molecule has 26 heavy (non-hydrogen) atoms. The average Bonchev–Trinajstić information content (AvgIpc) is 2.65. The van der Waals surface area contributed by atoms with Crippen molar-refractivity contribution in [3.05, 3.63) is 47.5 Å². The van der Waals surface area contributed by atoms with E-state index in [1.54, 1.807) is 14.2 Å². The standard InChI is InChI=1S/C21H22O5/c1-24-19-11-15-4-8-17(23)13-16(22)7-3-14-5-9-18(10-6-14)26-20(12-15)21(19)25-2/h5-6,9-12H,3-4,7-8,13H2,1-2H3. The molecule has 2 aliphatic heterocycles. The van der Waals surface area contributed by atoms with Crippen molar-refractivity contribution in [2.75, 3.05) is 14.2 Å². The van der Waals surface area contributed by atoms with E-state index in [2.05, 4.69) is 0 Å². The average molecular weight is 354 g/mol. The zero-order valence-corrected chi connectivity index (χ0v) is 15.0. The first kappa shape index (κ1) is 18.0. The molecule has 4 bridgehead atoms. The van der Waals surface area contributed by atoms with E-state index in [1.165, 1.54) is 0 Å². The maximum absolute atomic E-state index is 12.1. The van der Waals surface area contributed by atoms with E-state index in [4.69, 9.17) is 14.2 Å². The number of fused-ring (bicyclic) bond motifs is 8. The monoisotopic (exact) mass is 354 g/mol. The minimum Gasteiger partial charge on any atom is -0.493 e. The minimum absolute atomic E-state index is 0.00523. The molecule has 2 heterocycles. The molecule has 2 aliphatic rings. The lowest BCUT2D eigenvalue weighted by molar-refractivity contribution is -0.126. The summed E-state index contributed by atoms with van der Waals surface area (Å²) in [5.41, 5.74) is 1.93. The number of ketones is 2. The number of aryl methyl sites for hydroxylation is 2. The van der Waals surface area contributed by atoms with Crippen LogP contribution in [0.4, 0.5) is 0 Å². The fraction of sp³-hybridized carbons (Fsp3) is 0.333. The number of rotatable bonds is 2. The van der Waals surface area contributed by atoms with Gasteiger partial charge in [0.25, 0.3) is 0 Å². The Morgan fingerprint density at radius 2 is 1.46 bits per heavy atom. The molecule has 0 unspecified atom stereocenters. The summed E-state index contributed by atoms with van der Waals surface area (Å²) in [6, 6.07) is 11.3. The summed E-state index contributed by atoms with van der Waals surface area (Å²) in [6.45, 7) is 0. The number of hydrogen-bond donors (Lipinski definition) is 0. The Balaban J connectivity index is 2.01. The van der Waals surface area contributed by atoms with Gasteiger partial charge in [-0.3, -0.25) is 9.59 Å². The van der Waals surface area contributed by atoms with Crippen molar-refractivity contribution in [1.29, 1.82) is 0 Å². The molecular weight excluding hydrogens is 332 g/mol. The summed E-state index contributed by atoms with van der Waals surface area (Å²) in [4.78, 5) is 24.1. The number of methoxy groups -OCH3 is 2. The molecule has 0 aliphatic carbocycles. The van der Waals surface area contributed by atoms with Crippen LogP contribution in [0.1, 0.15) is 30.4 Å². The Hall–Kier alpha value is -2.82. The molecule has 0 fully saturated rings. The molecule has 0 saturated heterocycles. The SMILES string of the molecule is COc1cc2cc(c1OC)Oc1ccc(cc1)CCC(=O)CC(=O)CC2. The Morgan fingerprint density at radius 3 is 2.08 bits per heavy atom. The lowest BCUT2D eigenvalue weighted by atomic mass is 10.0. The molecule has 0 spiro atoms. The van der Waals surface area contributed by atoms with E-state index in [9.17, 15) is 9.59 Å². The molecule has 136 valence electrons. The topological polar surface area (TPSA) is 61.8 Å². The number of carbonyl (C=O) groups is 2. The number of hydrogen-bond acceptors (Lipinski definition) is 5. The van der Waals surface area contributed by atoms with Crippen LogP contribution in [0.3, 0.4) is 0 Å². The quantitative estimate of drug-likeness (QED) is 0.766.